The van der Waals surface area contributed by atoms with Gasteiger partial charge in [0, 0.05) is 47.2 Å². The van der Waals surface area contributed by atoms with Crippen LogP contribution in [0.25, 0.3) is 38.1 Å². The van der Waals surface area contributed by atoms with Gasteiger partial charge in [0.1, 0.15) is 0 Å². The maximum absolute atomic E-state index is 4.55. The number of fused-ring (bicyclic) bond motifs is 7. The highest BCUT2D eigenvalue weighted by atomic mass is 15.0. The largest absolute Gasteiger partial charge is 0.356 e. The number of imidazole rings is 1. The lowest BCUT2D eigenvalue weighted by Gasteiger charge is -2.08. The van der Waals surface area contributed by atoms with Crippen LogP contribution in [0.15, 0.2) is 55.4 Å². The molecule has 0 radical (unpaired) electrons. The Balaban J connectivity index is 2.17. The van der Waals surface area contributed by atoms with Gasteiger partial charge in [-0.3, -0.25) is 9.38 Å². The van der Waals surface area contributed by atoms with Crippen LogP contribution in [-0.2, 0) is 7.05 Å². The molecule has 4 heteroatoms. The number of benzene rings is 1. The molecule has 0 aliphatic carbocycles. The summed E-state index contributed by atoms with van der Waals surface area (Å²) >= 11 is 0. The molecule has 0 saturated heterocycles. The summed E-state index contributed by atoms with van der Waals surface area (Å²) in [5.74, 6) is 0. The fourth-order valence-corrected chi connectivity index (χ4v) is 3.22. The Morgan fingerprint density at radius 2 is 1.86 bits per heavy atom. The SMILES string of the molecule is Cn1cc2cc3c4cccnc4c4cncn4c3cc2c1. The highest BCUT2D eigenvalue weighted by Gasteiger charge is 2.10. The van der Waals surface area contributed by atoms with E-state index in [-0.39, 0.29) is 0 Å². The maximum Gasteiger partial charge on any atom is 0.0997 e. The Kier molecular flexibility index (Phi) is 1.86. The van der Waals surface area contributed by atoms with Crippen LogP contribution in [0.2, 0.25) is 0 Å². The summed E-state index contributed by atoms with van der Waals surface area (Å²) in [5.41, 5.74) is 3.22. The normalized spacial score (nSPS) is 12.0. The van der Waals surface area contributed by atoms with Gasteiger partial charge >= 0.3 is 0 Å². The van der Waals surface area contributed by atoms with E-state index in [9.17, 15) is 0 Å². The number of rotatable bonds is 0. The standard InChI is InChI=1S/C17H12N4/c1-20-8-11-5-14-13-3-2-4-19-17(13)16-7-18-10-21(16)15(14)6-12(11)9-20/h2-10H,1H3. The molecule has 5 rings (SSSR count). The zero-order chi connectivity index (χ0) is 14.0. The molecule has 21 heavy (non-hydrogen) atoms. The highest BCUT2D eigenvalue weighted by molar-refractivity contribution is 6.14. The Bertz CT molecular complexity index is 1150. The lowest BCUT2D eigenvalue weighted by atomic mass is 10.1. The highest BCUT2D eigenvalue weighted by Crippen LogP contribution is 2.31. The van der Waals surface area contributed by atoms with Crippen molar-refractivity contribution in [1.82, 2.24) is 18.9 Å². The van der Waals surface area contributed by atoms with Crippen LogP contribution in [0.1, 0.15) is 0 Å². The van der Waals surface area contributed by atoms with E-state index >= 15 is 0 Å². The van der Waals surface area contributed by atoms with Crippen LogP contribution in [0.4, 0.5) is 0 Å². The fourth-order valence-electron chi connectivity index (χ4n) is 3.22. The molecule has 0 aliphatic heterocycles. The molecular weight excluding hydrogens is 260 g/mol. The van der Waals surface area contributed by atoms with Gasteiger partial charge in [-0.2, -0.15) is 0 Å². The van der Waals surface area contributed by atoms with Crippen molar-refractivity contribution in [1.29, 1.82) is 0 Å². The van der Waals surface area contributed by atoms with E-state index in [1.54, 1.807) is 0 Å². The second-order valence-corrected chi connectivity index (χ2v) is 5.47. The summed E-state index contributed by atoms with van der Waals surface area (Å²) in [4.78, 5) is 8.86. The van der Waals surface area contributed by atoms with Crippen molar-refractivity contribution in [2.45, 2.75) is 0 Å². The molecule has 4 nitrogen and oxygen atoms in total. The number of aryl methyl sites for hydroxylation is 1. The summed E-state index contributed by atoms with van der Waals surface area (Å²) in [6.45, 7) is 0. The van der Waals surface area contributed by atoms with Gasteiger partial charge in [-0.1, -0.05) is 6.07 Å². The molecule has 4 heterocycles. The Hall–Kier alpha value is -2.88. The minimum absolute atomic E-state index is 0.998. The molecule has 0 atom stereocenters. The van der Waals surface area contributed by atoms with E-state index in [1.165, 1.54) is 27.1 Å². The minimum atomic E-state index is 0.998. The average Bonchev–Trinajstić information content (AvgIpc) is 3.10. The van der Waals surface area contributed by atoms with Gasteiger partial charge in [-0.05, 0) is 18.2 Å². The first-order valence-corrected chi connectivity index (χ1v) is 6.89. The molecular formula is C17H12N4. The zero-order valence-corrected chi connectivity index (χ0v) is 11.5. The number of pyridine rings is 2. The smallest absolute Gasteiger partial charge is 0.0997 e. The Morgan fingerprint density at radius 1 is 1.00 bits per heavy atom. The Morgan fingerprint density at radius 3 is 2.76 bits per heavy atom. The van der Waals surface area contributed by atoms with E-state index in [0.29, 0.717) is 0 Å². The number of hydrogen-bond donors (Lipinski definition) is 0. The molecule has 0 aliphatic rings. The number of hydrogen-bond acceptors (Lipinski definition) is 2. The summed E-state index contributed by atoms with van der Waals surface area (Å²) in [7, 11) is 2.05. The predicted molar refractivity (Wildman–Crippen MR) is 84.5 cm³/mol. The first-order chi connectivity index (χ1) is 10.3. The van der Waals surface area contributed by atoms with Crippen molar-refractivity contribution < 1.29 is 0 Å². The second kappa shape index (κ2) is 3.61. The van der Waals surface area contributed by atoms with E-state index in [1.807, 2.05) is 24.8 Å². The van der Waals surface area contributed by atoms with Crippen molar-refractivity contribution in [2.24, 2.45) is 7.05 Å². The first kappa shape index (κ1) is 10.9. The third kappa shape index (κ3) is 1.34. The lowest BCUT2D eigenvalue weighted by molar-refractivity contribution is 0.933. The molecule has 0 N–H and O–H groups in total. The van der Waals surface area contributed by atoms with Gasteiger partial charge in [0.15, 0.2) is 0 Å². The third-order valence-electron chi connectivity index (χ3n) is 4.13. The molecule has 0 saturated carbocycles. The molecule has 0 spiro atoms. The summed E-state index contributed by atoms with van der Waals surface area (Å²) in [6.07, 6.45) is 9.87. The lowest BCUT2D eigenvalue weighted by Crippen LogP contribution is -1.90. The van der Waals surface area contributed by atoms with Crippen molar-refractivity contribution in [2.75, 3.05) is 0 Å². The Labute approximate surface area is 120 Å². The van der Waals surface area contributed by atoms with E-state index in [4.69, 9.17) is 0 Å². The minimum Gasteiger partial charge on any atom is -0.356 e. The number of aromatic nitrogens is 4. The average molecular weight is 272 g/mol. The summed E-state index contributed by atoms with van der Waals surface area (Å²) < 4.78 is 4.21. The number of nitrogens with zero attached hydrogens (tertiary/aromatic N) is 4. The van der Waals surface area contributed by atoms with E-state index in [0.717, 1.165) is 11.0 Å². The van der Waals surface area contributed by atoms with Crippen molar-refractivity contribution in [3.8, 4) is 0 Å². The van der Waals surface area contributed by atoms with Gasteiger partial charge in [0.2, 0.25) is 0 Å². The molecule has 0 amide bonds. The van der Waals surface area contributed by atoms with Crippen LogP contribution in [0.3, 0.4) is 0 Å². The van der Waals surface area contributed by atoms with Crippen molar-refractivity contribution in [3.05, 3.63) is 55.4 Å². The van der Waals surface area contributed by atoms with Gasteiger partial charge < -0.3 is 4.57 Å². The van der Waals surface area contributed by atoms with E-state index < -0.39 is 0 Å². The first-order valence-electron chi connectivity index (χ1n) is 6.89. The zero-order valence-electron chi connectivity index (χ0n) is 11.5. The van der Waals surface area contributed by atoms with E-state index in [2.05, 4.69) is 56.6 Å². The molecule has 0 bridgehead atoms. The van der Waals surface area contributed by atoms with Crippen molar-refractivity contribution >= 4 is 38.1 Å². The van der Waals surface area contributed by atoms with Crippen LogP contribution >= 0.6 is 0 Å². The van der Waals surface area contributed by atoms with Gasteiger partial charge in [-0.15, -0.1) is 0 Å². The second-order valence-electron chi connectivity index (χ2n) is 5.47. The van der Waals surface area contributed by atoms with Crippen LogP contribution in [0, 0.1) is 0 Å². The maximum atomic E-state index is 4.55. The van der Waals surface area contributed by atoms with Crippen LogP contribution in [-0.4, -0.2) is 18.9 Å². The fraction of sp³-hybridized carbons (Fsp3) is 0.0588. The summed E-state index contributed by atoms with van der Waals surface area (Å²) in [5, 5.41) is 4.87. The molecule has 1 aromatic carbocycles. The molecule has 4 aromatic heterocycles. The molecule has 100 valence electrons. The van der Waals surface area contributed by atoms with Gasteiger partial charge in [0.05, 0.1) is 29.1 Å². The third-order valence-corrected chi connectivity index (χ3v) is 4.13. The van der Waals surface area contributed by atoms with Gasteiger partial charge in [0.25, 0.3) is 0 Å². The topological polar surface area (TPSA) is 35.1 Å². The van der Waals surface area contributed by atoms with Crippen LogP contribution in [0.5, 0.6) is 0 Å². The predicted octanol–water partition coefficient (Wildman–Crippen LogP) is 3.53. The van der Waals surface area contributed by atoms with Gasteiger partial charge in [-0.25, -0.2) is 4.98 Å². The monoisotopic (exact) mass is 272 g/mol. The molecule has 0 unspecified atom stereocenters. The quantitative estimate of drug-likeness (QED) is 0.404. The summed E-state index contributed by atoms with van der Waals surface area (Å²) in [6, 6.07) is 8.59. The molecule has 0 fully saturated rings. The molecule has 5 aromatic rings. The van der Waals surface area contributed by atoms with Crippen LogP contribution < -0.4 is 0 Å². The van der Waals surface area contributed by atoms with Crippen molar-refractivity contribution in [3.63, 3.8) is 0 Å².